The summed E-state index contributed by atoms with van der Waals surface area (Å²) in [5.74, 6) is 1.82. The SMILES string of the molecule is CCOc1cc(/C=C(\C#N)C(=O)Nc2ccc(C)c(Cl)c2)ccc1OCc1cc(OC)ccc1OC. The number of carbonyl (C=O) groups is 1. The van der Waals surface area contributed by atoms with Crippen molar-refractivity contribution in [3.63, 3.8) is 0 Å². The summed E-state index contributed by atoms with van der Waals surface area (Å²) in [6.45, 7) is 4.36. The van der Waals surface area contributed by atoms with E-state index in [0.717, 1.165) is 11.1 Å². The van der Waals surface area contributed by atoms with Gasteiger partial charge in [-0.05, 0) is 73.5 Å². The van der Waals surface area contributed by atoms with Crippen molar-refractivity contribution in [3.8, 4) is 29.1 Å². The van der Waals surface area contributed by atoms with Crippen molar-refractivity contribution in [1.29, 1.82) is 5.26 Å². The third-order valence-corrected chi connectivity index (χ3v) is 5.65. The minimum atomic E-state index is -0.541. The van der Waals surface area contributed by atoms with Crippen LogP contribution < -0.4 is 24.3 Å². The van der Waals surface area contributed by atoms with E-state index in [1.165, 1.54) is 6.08 Å². The van der Waals surface area contributed by atoms with Crippen LogP contribution in [0, 0.1) is 18.3 Å². The number of ether oxygens (including phenoxy) is 4. The molecule has 0 aliphatic heterocycles. The molecular formula is C28H27ClN2O5. The second-order valence-corrected chi connectivity index (χ2v) is 8.10. The van der Waals surface area contributed by atoms with Gasteiger partial charge < -0.3 is 24.3 Å². The maximum atomic E-state index is 12.7. The molecule has 0 radical (unpaired) electrons. The molecule has 0 aromatic heterocycles. The molecule has 0 unspecified atom stereocenters. The van der Waals surface area contributed by atoms with E-state index in [9.17, 15) is 10.1 Å². The van der Waals surface area contributed by atoms with Crippen molar-refractivity contribution < 1.29 is 23.7 Å². The van der Waals surface area contributed by atoms with Gasteiger partial charge in [-0.25, -0.2) is 0 Å². The molecule has 1 amide bonds. The predicted octanol–water partition coefficient (Wildman–Crippen LogP) is 6.19. The second-order valence-electron chi connectivity index (χ2n) is 7.69. The molecule has 3 aromatic carbocycles. The zero-order valence-electron chi connectivity index (χ0n) is 20.6. The van der Waals surface area contributed by atoms with Crippen LogP contribution in [0.2, 0.25) is 5.02 Å². The summed E-state index contributed by atoms with van der Waals surface area (Å²) in [5, 5.41) is 12.8. The Morgan fingerprint density at radius 2 is 1.78 bits per heavy atom. The Bertz CT molecular complexity index is 1310. The lowest BCUT2D eigenvalue weighted by molar-refractivity contribution is -0.112. The maximum absolute atomic E-state index is 12.7. The van der Waals surface area contributed by atoms with Gasteiger partial charge >= 0.3 is 0 Å². The van der Waals surface area contributed by atoms with Gasteiger partial charge in [0.25, 0.3) is 5.91 Å². The van der Waals surface area contributed by atoms with Crippen LogP contribution in [0.3, 0.4) is 0 Å². The Kier molecular flexibility index (Phi) is 9.20. The Morgan fingerprint density at radius 3 is 2.44 bits per heavy atom. The number of amides is 1. The third-order valence-electron chi connectivity index (χ3n) is 5.24. The Balaban J connectivity index is 1.81. The molecule has 7 nitrogen and oxygen atoms in total. The molecule has 0 heterocycles. The van der Waals surface area contributed by atoms with Gasteiger partial charge in [-0.3, -0.25) is 4.79 Å². The van der Waals surface area contributed by atoms with Crippen LogP contribution in [0.5, 0.6) is 23.0 Å². The fraction of sp³-hybridized carbons (Fsp3) is 0.214. The number of hydrogen-bond donors (Lipinski definition) is 1. The van der Waals surface area contributed by atoms with Crippen LogP contribution in [0.15, 0.2) is 60.2 Å². The van der Waals surface area contributed by atoms with E-state index in [-0.39, 0.29) is 12.2 Å². The molecule has 3 rings (SSSR count). The van der Waals surface area contributed by atoms with Gasteiger partial charge in [-0.2, -0.15) is 5.26 Å². The van der Waals surface area contributed by atoms with E-state index in [4.69, 9.17) is 30.5 Å². The number of nitrogens with one attached hydrogen (secondary N) is 1. The quantitative estimate of drug-likeness (QED) is 0.260. The van der Waals surface area contributed by atoms with E-state index in [0.29, 0.717) is 45.9 Å². The van der Waals surface area contributed by atoms with Crippen LogP contribution in [-0.2, 0) is 11.4 Å². The summed E-state index contributed by atoms with van der Waals surface area (Å²) in [7, 11) is 3.19. The van der Waals surface area contributed by atoms with Crippen LogP contribution in [0.4, 0.5) is 5.69 Å². The first-order valence-corrected chi connectivity index (χ1v) is 11.6. The summed E-state index contributed by atoms with van der Waals surface area (Å²) in [4.78, 5) is 12.7. The number of rotatable bonds is 10. The maximum Gasteiger partial charge on any atom is 0.266 e. The smallest absolute Gasteiger partial charge is 0.266 e. The first kappa shape index (κ1) is 26.5. The van der Waals surface area contributed by atoms with Crippen molar-refractivity contribution >= 4 is 29.3 Å². The normalized spacial score (nSPS) is 10.8. The number of carbonyl (C=O) groups excluding carboxylic acids is 1. The molecule has 0 saturated heterocycles. The minimum absolute atomic E-state index is 0.0658. The number of anilines is 1. The number of aryl methyl sites for hydroxylation is 1. The van der Waals surface area contributed by atoms with Gasteiger partial charge in [0.15, 0.2) is 11.5 Å². The monoisotopic (exact) mass is 506 g/mol. The topological polar surface area (TPSA) is 89.8 Å². The lowest BCUT2D eigenvalue weighted by Gasteiger charge is -2.15. The van der Waals surface area contributed by atoms with Crippen LogP contribution >= 0.6 is 11.6 Å². The highest BCUT2D eigenvalue weighted by atomic mass is 35.5. The minimum Gasteiger partial charge on any atom is -0.497 e. The molecule has 0 saturated carbocycles. The number of hydrogen-bond acceptors (Lipinski definition) is 6. The summed E-state index contributed by atoms with van der Waals surface area (Å²) < 4.78 is 22.5. The average Bonchev–Trinajstić information content (AvgIpc) is 2.88. The molecule has 0 bridgehead atoms. The lowest BCUT2D eigenvalue weighted by Crippen LogP contribution is -2.13. The molecule has 36 heavy (non-hydrogen) atoms. The van der Waals surface area contributed by atoms with Gasteiger partial charge in [0, 0.05) is 16.3 Å². The van der Waals surface area contributed by atoms with E-state index in [1.807, 2.05) is 38.1 Å². The highest BCUT2D eigenvalue weighted by molar-refractivity contribution is 6.31. The Labute approximate surface area is 215 Å². The van der Waals surface area contributed by atoms with Crippen molar-refractivity contribution in [2.45, 2.75) is 20.5 Å². The summed E-state index contributed by atoms with van der Waals surface area (Å²) >= 11 is 6.13. The molecular weight excluding hydrogens is 480 g/mol. The molecule has 186 valence electrons. The first-order chi connectivity index (χ1) is 17.4. The molecule has 3 aromatic rings. The Hall–Kier alpha value is -4.15. The van der Waals surface area contributed by atoms with E-state index >= 15 is 0 Å². The third kappa shape index (κ3) is 6.71. The van der Waals surface area contributed by atoms with E-state index in [1.54, 1.807) is 50.6 Å². The van der Waals surface area contributed by atoms with Crippen molar-refractivity contribution in [2.24, 2.45) is 0 Å². The molecule has 0 spiro atoms. The van der Waals surface area contributed by atoms with Gasteiger partial charge in [0.05, 0.1) is 20.8 Å². The summed E-state index contributed by atoms with van der Waals surface area (Å²) in [6.07, 6.45) is 1.49. The zero-order valence-corrected chi connectivity index (χ0v) is 21.3. The average molecular weight is 507 g/mol. The fourth-order valence-corrected chi connectivity index (χ4v) is 3.52. The van der Waals surface area contributed by atoms with Gasteiger partial charge in [-0.15, -0.1) is 0 Å². The van der Waals surface area contributed by atoms with E-state index < -0.39 is 5.91 Å². The molecule has 0 atom stereocenters. The van der Waals surface area contributed by atoms with Gasteiger partial charge in [0.2, 0.25) is 0 Å². The standard InChI is InChI=1S/C28H27ClN2O5/c1-5-35-27-13-19(12-20(16-30)28(32)31-22-8-6-18(2)24(29)15-22)7-10-26(27)36-17-21-14-23(33-3)9-11-25(21)34-4/h6-15H,5,17H2,1-4H3,(H,31,32)/b20-12+. The first-order valence-electron chi connectivity index (χ1n) is 11.2. The van der Waals surface area contributed by atoms with Crippen molar-refractivity contribution in [2.75, 3.05) is 26.1 Å². The largest absolute Gasteiger partial charge is 0.497 e. The Morgan fingerprint density at radius 1 is 1.00 bits per heavy atom. The number of nitrogens with zero attached hydrogens (tertiary/aromatic N) is 1. The highest BCUT2D eigenvalue weighted by Crippen LogP contribution is 2.32. The number of halogens is 1. The molecule has 8 heteroatoms. The van der Waals surface area contributed by atoms with Crippen LogP contribution in [-0.4, -0.2) is 26.7 Å². The van der Waals surface area contributed by atoms with E-state index in [2.05, 4.69) is 5.32 Å². The van der Waals surface area contributed by atoms with Gasteiger partial charge in [-0.1, -0.05) is 23.7 Å². The molecule has 1 N–H and O–H groups in total. The van der Waals surface area contributed by atoms with Crippen LogP contribution in [0.25, 0.3) is 6.08 Å². The number of methoxy groups -OCH3 is 2. The van der Waals surface area contributed by atoms with Crippen LogP contribution in [0.1, 0.15) is 23.6 Å². The molecule has 0 aliphatic rings. The summed E-state index contributed by atoms with van der Waals surface area (Å²) in [6, 6.07) is 17.8. The van der Waals surface area contributed by atoms with Crippen molar-refractivity contribution in [1.82, 2.24) is 0 Å². The predicted molar refractivity (Wildman–Crippen MR) is 140 cm³/mol. The number of benzene rings is 3. The number of nitriles is 1. The second kappa shape index (κ2) is 12.5. The van der Waals surface area contributed by atoms with Crippen molar-refractivity contribution in [3.05, 3.63) is 81.9 Å². The fourth-order valence-electron chi connectivity index (χ4n) is 3.34. The lowest BCUT2D eigenvalue weighted by atomic mass is 10.1. The highest BCUT2D eigenvalue weighted by Gasteiger charge is 2.13. The van der Waals surface area contributed by atoms with Gasteiger partial charge in [0.1, 0.15) is 29.7 Å². The molecule has 0 fully saturated rings. The zero-order chi connectivity index (χ0) is 26.1. The summed E-state index contributed by atoms with van der Waals surface area (Å²) in [5.41, 5.74) is 2.75. The molecule has 0 aliphatic carbocycles.